The van der Waals surface area contributed by atoms with E-state index in [2.05, 4.69) is 74.3 Å². The van der Waals surface area contributed by atoms with E-state index in [1.54, 1.807) is 24.3 Å². The third-order valence-corrected chi connectivity index (χ3v) is 18.5. The Morgan fingerprint density at radius 2 is 0.736 bits per heavy atom. The van der Waals surface area contributed by atoms with Crippen LogP contribution in [0.15, 0.2) is 193 Å². The van der Waals surface area contributed by atoms with Gasteiger partial charge in [-0.25, -0.2) is 0 Å². The summed E-state index contributed by atoms with van der Waals surface area (Å²) in [5.74, 6) is 1.30. The van der Waals surface area contributed by atoms with Crippen molar-refractivity contribution in [1.82, 2.24) is 14.7 Å². The molecule has 3 saturated heterocycles. The van der Waals surface area contributed by atoms with Gasteiger partial charge in [0.1, 0.15) is 11.5 Å². The van der Waals surface area contributed by atoms with Crippen LogP contribution in [0.4, 0.5) is 17.1 Å². The summed E-state index contributed by atoms with van der Waals surface area (Å²) in [4.78, 5) is 51.3. The third kappa shape index (κ3) is 22.9. The maximum Gasteiger partial charge on any atom is 0.296 e. The number of amides is 3. The van der Waals surface area contributed by atoms with Crippen molar-refractivity contribution in [3.05, 3.63) is 216 Å². The van der Waals surface area contributed by atoms with Gasteiger partial charge in [0, 0.05) is 113 Å². The van der Waals surface area contributed by atoms with E-state index < -0.39 is 10.1 Å². The van der Waals surface area contributed by atoms with E-state index in [1.807, 2.05) is 146 Å². The molecule has 3 aliphatic rings. The minimum absolute atomic E-state index is 0. The first-order valence-electron chi connectivity index (χ1n) is 32.3. The fourth-order valence-corrected chi connectivity index (χ4v) is 12.8. The van der Waals surface area contributed by atoms with E-state index in [4.69, 9.17) is 0 Å². The van der Waals surface area contributed by atoms with Crippen molar-refractivity contribution in [2.45, 2.75) is 142 Å². The summed E-state index contributed by atoms with van der Waals surface area (Å²) in [5, 5.41) is 19.2. The SMILES string of the molecule is C.CCC(=O)N(c1ccccc1)C1CCN(CCc2cccc(C)c2)CC1.CCC(=O)N(c1ccccc1)C1CCN(CCc2cccc(O)c2)CC1.CCC(=O)N(c1ccccc1)C1CCN(CCc2cccc(O)c2)CC1.COS(=O)(=O)c1ccc(C)cc1. The van der Waals surface area contributed by atoms with Crippen LogP contribution < -0.4 is 14.7 Å². The maximum atomic E-state index is 12.5. The van der Waals surface area contributed by atoms with E-state index in [-0.39, 0.29) is 42.1 Å². The molecule has 488 valence electrons. The quantitative estimate of drug-likeness (QED) is 0.0701. The van der Waals surface area contributed by atoms with E-state index in [0.717, 1.165) is 146 Å². The Morgan fingerprint density at radius 3 is 1.02 bits per heavy atom. The number of rotatable bonds is 20. The highest BCUT2D eigenvalue weighted by Crippen LogP contribution is 2.29. The Morgan fingerprint density at radius 1 is 0.429 bits per heavy atom. The molecule has 7 aromatic carbocycles. The zero-order valence-corrected chi connectivity index (χ0v) is 54.7. The van der Waals surface area contributed by atoms with Crippen LogP contribution in [-0.2, 0) is 47.9 Å². The van der Waals surface area contributed by atoms with Crippen LogP contribution in [0, 0.1) is 13.8 Å². The molecule has 3 heterocycles. The number of nitrogens with zero attached hydrogens (tertiary/aromatic N) is 6. The highest BCUT2D eigenvalue weighted by Gasteiger charge is 2.31. The average Bonchev–Trinajstić information content (AvgIpc) is 2.91. The molecule has 15 heteroatoms. The molecular weight excluding hydrogens is 1160 g/mol. The molecule has 0 atom stereocenters. The van der Waals surface area contributed by atoms with Gasteiger partial charge in [0.25, 0.3) is 10.1 Å². The van der Waals surface area contributed by atoms with E-state index in [1.165, 1.54) is 34.4 Å². The first-order valence-corrected chi connectivity index (χ1v) is 33.8. The summed E-state index contributed by atoms with van der Waals surface area (Å²) < 4.78 is 26.5. The highest BCUT2D eigenvalue weighted by atomic mass is 32.2. The van der Waals surface area contributed by atoms with Gasteiger partial charge in [-0.1, -0.05) is 155 Å². The second-order valence-electron chi connectivity index (χ2n) is 23.6. The lowest BCUT2D eigenvalue weighted by Crippen LogP contribution is -2.47. The lowest BCUT2D eigenvalue weighted by Gasteiger charge is -2.38. The van der Waals surface area contributed by atoms with Crippen LogP contribution in [0.2, 0.25) is 0 Å². The van der Waals surface area contributed by atoms with Crippen LogP contribution in [0.5, 0.6) is 11.5 Å². The van der Waals surface area contributed by atoms with Gasteiger partial charge < -0.3 is 39.6 Å². The number of anilines is 3. The van der Waals surface area contributed by atoms with Crippen LogP contribution in [0.1, 0.15) is 114 Å². The number of aryl methyl sites for hydroxylation is 2. The summed E-state index contributed by atoms with van der Waals surface area (Å²) >= 11 is 0. The van der Waals surface area contributed by atoms with Crippen molar-refractivity contribution in [1.29, 1.82) is 0 Å². The molecule has 10 rings (SSSR count). The second-order valence-corrected chi connectivity index (χ2v) is 25.3. The molecule has 0 radical (unpaired) electrons. The lowest BCUT2D eigenvalue weighted by molar-refractivity contribution is -0.119. The third-order valence-electron chi connectivity index (χ3n) is 17.2. The maximum absolute atomic E-state index is 12.5. The van der Waals surface area contributed by atoms with Gasteiger partial charge in [-0.05, 0) is 161 Å². The van der Waals surface area contributed by atoms with Crippen molar-refractivity contribution in [2.75, 3.05) is 80.7 Å². The number of phenols is 2. The number of carbonyl (C=O) groups is 3. The molecule has 0 bridgehead atoms. The standard InChI is InChI=1S/C23H30N2O.2C22H28N2O2.C8H10O3S.CH4/c1-3-23(26)25(21-10-5-4-6-11-21)22-13-16-24(17-14-22)15-12-20-9-7-8-19(2)18-20;2*1-2-22(26)24(19-8-4-3-5-9-19)20-12-15-23(16-13-20)14-11-18-7-6-10-21(25)17-18;1-7-3-5-8(6-4-7)12(9,10)11-2;/h4-11,18,22H,3,12-17H2,1-2H3;2*3-10,17,20,25H,2,11-16H2,1H3;3-6H,1-2H3;1H4. The Bertz CT molecular complexity index is 3070. The zero-order valence-electron chi connectivity index (χ0n) is 53.9. The van der Waals surface area contributed by atoms with Gasteiger partial charge in [0.15, 0.2) is 0 Å². The first-order chi connectivity index (χ1) is 43.6. The molecule has 0 saturated carbocycles. The minimum Gasteiger partial charge on any atom is -0.508 e. The molecule has 0 spiro atoms. The van der Waals surface area contributed by atoms with Crippen molar-refractivity contribution >= 4 is 44.9 Å². The largest absolute Gasteiger partial charge is 0.508 e. The number of piperidine rings is 3. The van der Waals surface area contributed by atoms with Gasteiger partial charge in [-0.2, -0.15) is 8.42 Å². The van der Waals surface area contributed by atoms with Crippen LogP contribution in [0.25, 0.3) is 0 Å². The molecular formula is C76H100N6O8S. The number of aromatic hydroxyl groups is 2. The fourth-order valence-electron chi connectivity index (χ4n) is 12.1. The number of benzene rings is 7. The molecule has 7 aromatic rings. The predicted octanol–water partition coefficient (Wildman–Crippen LogP) is 14.1. The summed E-state index contributed by atoms with van der Waals surface area (Å²) in [6.07, 6.45) is 10.7. The molecule has 3 aliphatic heterocycles. The molecule has 0 unspecified atom stereocenters. The van der Waals surface area contributed by atoms with Crippen molar-refractivity contribution < 1.29 is 37.2 Å². The fraction of sp³-hybridized carbons (Fsp3) is 0.408. The monoisotopic (exact) mass is 1260 g/mol. The van der Waals surface area contributed by atoms with Crippen molar-refractivity contribution in [2.24, 2.45) is 0 Å². The average molecular weight is 1260 g/mol. The number of phenolic OH excluding ortho intramolecular Hbond substituents is 2. The second kappa shape index (κ2) is 37.6. The van der Waals surface area contributed by atoms with Crippen molar-refractivity contribution in [3.8, 4) is 11.5 Å². The Labute approximate surface area is 544 Å². The van der Waals surface area contributed by atoms with Crippen LogP contribution in [-0.4, -0.2) is 135 Å². The molecule has 2 N–H and O–H groups in total. The summed E-state index contributed by atoms with van der Waals surface area (Å²) in [5.41, 5.74) is 9.16. The van der Waals surface area contributed by atoms with E-state index >= 15 is 0 Å². The molecule has 0 aliphatic carbocycles. The predicted molar refractivity (Wildman–Crippen MR) is 372 cm³/mol. The summed E-state index contributed by atoms with van der Waals surface area (Å²) in [6.45, 7) is 19.1. The number of para-hydroxylation sites is 3. The van der Waals surface area contributed by atoms with E-state index in [9.17, 15) is 33.0 Å². The summed E-state index contributed by atoms with van der Waals surface area (Å²) in [7, 11) is -2.37. The molecule has 3 fully saturated rings. The molecule has 0 aromatic heterocycles. The first kappa shape index (κ1) is 72.4. The molecule has 14 nitrogen and oxygen atoms in total. The topological polar surface area (TPSA) is 154 Å². The Hall–Kier alpha value is -7.66. The van der Waals surface area contributed by atoms with E-state index in [0.29, 0.717) is 36.8 Å². The van der Waals surface area contributed by atoms with Crippen molar-refractivity contribution in [3.63, 3.8) is 0 Å². The van der Waals surface area contributed by atoms with Crippen LogP contribution >= 0.6 is 0 Å². The molecule has 3 amide bonds. The lowest BCUT2D eigenvalue weighted by atomic mass is 10.0. The Balaban J connectivity index is 0.000000198. The van der Waals surface area contributed by atoms with Crippen LogP contribution in [0.3, 0.4) is 0 Å². The summed E-state index contributed by atoms with van der Waals surface area (Å²) in [6, 6.07) is 61.4. The number of hydrogen-bond donors (Lipinski definition) is 2. The smallest absolute Gasteiger partial charge is 0.296 e. The zero-order chi connectivity index (χ0) is 64.3. The normalized spacial score (nSPS) is 15.0. The minimum atomic E-state index is -3.51. The van der Waals surface area contributed by atoms with Gasteiger partial charge >= 0.3 is 0 Å². The van der Waals surface area contributed by atoms with Gasteiger partial charge in [0.05, 0.1) is 12.0 Å². The molecule has 91 heavy (non-hydrogen) atoms. The van der Waals surface area contributed by atoms with Gasteiger partial charge in [-0.15, -0.1) is 0 Å². The number of hydrogen-bond acceptors (Lipinski definition) is 11. The number of carbonyl (C=O) groups excluding carboxylic acids is 3. The highest BCUT2D eigenvalue weighted by molar-refractivity contribution is 7.86. The number of likely N-dealkylation sites (tertiary alicyclic amines) is 3. The van der Waals surface area contributed by atoms with Gasteiger partial charge in [0.2, 0.25) is 17.7 Å². The Kier molecular flexibility index (Phi) is 29.9. The van der Waals surface area contributed by atoms with Gasteiger partial charge in [-0.3, -0.25) is 18.6 Å².